The molecule has 1 aromatic heterocycles. The Kier molecular flexibility index (Phi) is 6.68. The largest absolute Gasteiger partial charge is 0.462 e. The summed E-state index contributed by atoms with van der Waals surface area (Å²) in [5, 5.41) is 9.78. The van der Waals surface area contributed by atoms with Crippen LogP contribution in [-0.2, 0) is 4.74 Å². The molecule has 2 heterocycles. The number of anilines is 2. The van der Waals surface area contributed by atoms with Crippen LogP contribution in [0.4, 0.5) is 11.5 Å². The van der Waals surface area contributed by atoms with Crippen LogP contribution >= 0.6 is 0 Å². The van der Waals surface area contributed by atoms with Crippen LogP contribution in [0, 0.1) is 0 Å². The second-order valence-corrected chi connectivity index (χ2v) is 6.92. The molecule has 30 heavy (non-hydrogen) atoms. The van der Waals surface area contributed by atoms with E-state index in [0.717, 1.165) is 36.5 Å². The van der Waals surface area contributed by atoms with Crippen LogP contribution in [0.5, 0.6) is 6.01 Å². The Bertz CT molecular complexity index is 1000. The first-order valence-electron chi connectivity index (χ1n) is 10.1. The van der Waals surface area contributed by atoms with Gasteiger partial charge in [-0.2, -0.15) is 15.1 Å². The fraction of sp³-hybridized carbons (Fsp3) is 0.318. The molecule has 0 saturated carbocycles. The Hall–Kier alpha value is -3.23. The van der Waals surface area contributed by atoms with Gasteiger partial charge in [-0.25, -0.2) is 0 Å². The Labute approximate surface area is 175 Å². The van der Waals surface area contributed by atoms with Gasteiger partial charge in [-0.1, -0.05) is 30.3 Å². The Balaban J connectivity index is 1.50. The van der Waals surface area contributed by atoms with Crippen LogP contribution in [0.15, 0.2) is 53.6 Å². The molecule has 8 heteroatoms. The second kappa shape index (κ2) is 10.00. The van der Waals surface area contributed by atoms with Gasteiger partial charge in [-0.05, 0) is 30.0 Å². The number of hydrogen-bond acceptors (Lipinski definition) is 8. The number of likely N-dealkylation sites (N-methyl/N-ethyl adjacent to an activating group) is 1. The van der Waals surface area contributed by atoms with Gasteiger partial charge in [0.15, 0.2) is 0 Å². The number of hydrogen-bond donors (Lipinski definition) is 2. The second-order valence-electron chi connectivity index (χ2n) is 6.92. The smallest absolute Gasteiger partial charge is 0.319 e. The van der Waals surface area contributed by atoms with Crippen molar-refractivity contribution in [3.05, 3.63) is 54.2 Å². The zero-order chi connectivity index (χ0) is 20.6. The molecule has 0 spiro atoms. The molecule has 8 nitrogen and oxygen atoms in total. The predicted octanol–water partition coefficient (Wildman–Crippen LogP) is 2.51. The summed E-state index contributed by atoms with van der Waals surface area (Å²) in [6, 6.07) is 16.6. The first-order valence-corrected chi connectivity index (χ1v) is 10.1. The summed E-state index contributed by atoms with van der Waals surface area (Å²) in [5.41, 5.74) is 4.68. The van der Waals surface area contributed by atoms with Crippen molar-refractivity contribution < 1.29 is 9.47 Å². The summed E-state index contributed by atoms with van der Waals surface area (Å²) >= 11 is 0. The molecular weight excluding hydrogens is 380 g/mol. The van der Waals surface area contributed by atoms with Crippen LogP contribution < -0.4 is 20.4 Å². The van der Waals surface area contributed by atoms with Crippen LogP contribution in [-0.4, -0.2) is 62.7 Å². The van der Waals surface area contributed by atoms with Gasteiger partial charge in [-0.15, -0.1) is 0 Å². The predicted molar refractivity (Wildman–Crippen MR) is 120 cm³/mol. The van der Waals surface area contributed by atoms with Crippen molar-refractivity contribution in [2.45, 2.75) is 0 Å². The van der Waals surface area contributed by atoms with Crippen molar-refractivity contribution in [1.29, 1.82) is 0 Å². The minimum Gasteiger partial charge on any atom is -0.462 e. The number of nitrogens with one attached hydrogen (secondary N) is 2. The van der Waals surface area contributed by atoms with Gasteiger partial charge in [0.2, 0.25) is 0 Å². The molecule has 3 aromatic rings. The highest BCUT2D eigenvalue weighted by Gasteiger charge is 2.15. The molecule has 0 atom stereocenters. The number of rotatable bonds is 8. The fourth-order valence-electron chi connectivity index (χ4n) is 3.19. The zero-order valence-corrected chi connectivity index (χ0v) is 17.0. The molecule has 0 amide bonds. The van der Waals surface area contributed by atoms with E-state index in [1.807, 2.05) is 31.3 Å². The van der Waals surface area contributed by atoms with E-state index in [2.05, 4.69) is 55.0 Å². The van der Waals surface area contributed by atoms with Crippen molar-refractivity contribution in [3.8, 4) is 6.01 Å². The van der Waals surface area contributed by atoms with E-state index < -0.39 is 0 Å². The van der Waals surface area contributed by atoms with Gasteiger partial charge < -0.3 is 19.7 Å². The zero-order valence-electron chi connectivity index (χ0n) is 17.0. The summed E-state index contributed by atoms with van der Waals surface area (Å²) in [4.78, 5) is 11.2. The number of aromatic nitrogens is 2. The topological polar surface area (TPSA) is 83.9 Å². The summed E-state index contributed by atoms with van der Waals surface area (Å²) in [7, 11) is 1.88. The molecule has 0 bridgehead atoms. The maximum atomic E-state index is 5.71. The lowest BCUT2D eigenvalue weighted by molar-refractivity contribution is 0.122. The SMILES string of the molecule is CNCCOc1nc(/C=N/Nc2ccc3ccccc3c2)cc(N2CCOCC2)n1. The van der Waals surface area contributed by atoms with Crippen LogP contribution in [0.3, 0.4) is 0 Å². The van der Waals surface area contributed by atoms with Gasteiger partial charge in [0.25, 0.3) is 0 Å². The van der Waals surface area contributed by atoms with Gasteiger partial charge >= 0.3 is 6.01 Å². The number of hydrazone groups is 1. The molecular formula is C22H26N6O2. The number of ether oxygens (including phenoxy) is 2. The van der Waals surface area contributed by atoms with Gasteiger partial charge in [0, 0.05) is 25.7 Å². The number of fused-ring (bicyclic) bond motifs is 1. The molecule has 0 unspecified atom stereocenters. The lowest BCUT2D eigenvalue weighted by Gasteiger charge is -2.28. The lowest BCUT2D eigenvalue weighted by atomic mass is 10.1. The third kappa shape index (κ3) is 5.22. The molecule has 2 N–H and O–H groups in total. The molecule has 1 fully saturated rings. The van der Waals surface area contributed by atoms with E-state index in [4.69, 9.17) is 9.47 Å². The highest BCUT2D eigenvalue weighted by atomic mass is 16.5. The third-order valence-electron chi connectivity index (χ3n) is 4.77. The third-order valence-corrected chi connectivity index (χ3v) is 4.77. The summed E-state index contributed by atoms with van der Waals surface area (Å²) in [5.74, 6) is 0.819. The molecule has 1 saturated heterocycles. The minimum absolute atomic E-state index is 0.349. The van der Waals surface area contributed by atoms with E-state index in [9.17, 15) is 0 Å². The Morgan fingerprint density at radius 2 is 1.93 bits per heavy atom. The van der Waals surface area contributed by atoms with Gasteiger partial charge in [-0.3, -0.25) is 5.43 Å². The van der Waals surface area contributed by atoms with Crippen LogP contribution in [0.1, 0.15) is 5.69 Å². The lowest BCUT2D eigenvalue weighted by Crippen LogP contribution is -2.37. The summed E-state index contributed by atoms with van der Waals surface area (Å²) < 4.78 is 11.2. The first kappa shape index (κ1) is 20.1. The summed E-state index contributed by atoms with van der Waals surface area (Å²) in [6.45, 7) is 4.17. The van der Waals surface area contributed by atoms with Crippen molar-refractivity contribution in [3.63, 3.8) is 0 Å². The molecule has 0 radical (unpaired) electrons. The van der Waals surface area contributed by atoms with E-state index in [1.54, 1.807) is 6.21 Å². The fourth-order valence-corrected chi connectivity index (χ4v) is 3.19. The van der Waals surface area contributed by atoms with Crippen LogP contribution in [0.25, 0.3) is 10.8 Å². The molecule has 4 rings (SSSR count). The normalized spacial score (nSPS) is 14.4. The Morgan fingerprint density at radius 3 is 2.77 bits per heavy atom. The monoisotopic (exact) mass is 406 g/mol. The minimum atomic E-state index is 0.349. The number of morpholine rings is 1. The Morgan fingerprint density at radius 1 is 1.10 bits per heavy atom. The maximum absolute atomic E-state index is 5.71. The van der Waals surface area contributed by atoms with Crippen molar-refractivity contribution >= 4 is 28.5 Å². The first-order chi connectivity index (χ1) is 14.8. The van der Waals surface area contributed by atoms with E-state index in [1.165, 1.54) is 5.39 Å². The number of benzene rings is 2. The van der Waals surface area contributed by atoms with Crippen LogP contribution in [0.2, 0.25) is 0 Å². The average molecular weight is 406 g/mol. The molecule has 1 aliphatic rings. The quantitative estimate of drug-likeness (QED) is 0.338. The van der Waals surface area contributed by atoms with E-state index in [0.29, 0.717) is 31.5 Å². The van der Waals surface area contributed by atoms with Crippen molar-refractivity contribution in [1.82, 2.24) is 15.3 Å². The molecule has 0 aliphatic carbocycles. The highest BCUT2D eigenvalue weighted by Crippen LogP contribution is 2.19. The molecule has 156 valence electrons. The standard InChI is InChI=1S/C22H26N6O2/c1-23-8-11-30-22-25-20(15-21(26-22)28-9-12-29-13-10-28)16-24-27-19-7-6-17-4-2-3-5-18(17)14-19/h2-7,14-16,23,27H,8-13H2,1H3/b24-16+. The average Bonchev–Trinajstić information content (AvgIpc) is 2.80. The molecule has 2 aromatic carbocycles. The van der Waals surface area contributed by atoms with Crippen molar-refractivity contribution in [2.75, 3.05) is 56.8 Å². The van der Waals surface area contributed by atoms with E-state index in [-0.39, 0.29) is 0 Å². The maximum Gasteiger partial charge on any atom is 0.319 e. The number of nitrogens with zero attached hydrogens (tertiary/aromatic N) is 4. The van der Waals surface area contributed by atoms with Gasteiger partial charge in [0.1, 0.15) is 12.4 Å². The van der Waals surface area contributed by atoms with E-state index >= 15 is 0 Å². The summed E-state index contributed by atoms with van der Waals surface area (Å²) in [6.07, 6.45) is 1.69. The molecule has 1 aliphatic heterocycles. The van der Waals surface area contributed by atoms with Crippen molar-refractivity contribution in [2.24, 2.45) is 5.10 Å². The van der Waals surface area contributed by atoms with Gasteiger partial charge in [0.05, 0.1) is 30.8 Å². The highest BCUT2D eigenvalue weighted by molar-refractivity contribution is 5.86.